The number of carbonyl (C=O) groups excluding carboxylic acids is 1. The van der Waals surface area contributed by atoms with Crippen LogP contribution in [0.1, 0.15) is 15.2 Å². The Hall–Kier alpha value is -1.54. The number of phenolic OH excluding ortho intramolecular Hbond substituents is 1. The fourth-order valence-corrected chi connectivity index (χ4v) is 2.86. The molecule has 20 heavy (non-hydrogen) atoms. The van der Waals surface area contributed by atoms with E-state index in [-0.39, 0.29) is 6.54 Å². The fraction of sp³-hybridized carbons (Fsp3) is 0.0833. The fourth-order valence-electron chi connectivity index (χ4n) is 1.46. The van der Waals surface area contributed by atoms with Gasteiger partial charge in [0, 0.05) is 14.7 Å². The molecule has 0 saturated carbocycles. The molecule has 1 heterocycles. The molecule has 0 aliphatic carbocycles. The third-order valence-electron chi connectivity index (χ3n) is 2.42. The highest BCUT2D eigenvalue weighted by molar-refractivity contribution is 9.10. The van der Waals surface area contributed by atoms with Crippen LogP contribution >= 0.6 is 27.3 Å². The van der Waals surface area contributed by atoms with Gasteiger partial charge in [0.25, 0.3) is 5.91 Å². The summed E-state index contributed by atoms with van der Waals surface area (Å²) in [6, 6.07) is 2.16. The normalized spacial score (nSPS) is 10.6. The lowest BCUT2D eigenvalue weighted by atomic mass is 10.1. The number of benzene rings is 1. The molecule has 0 aliphatic rings. The van der Waals surface area contributed by atoms with Crippen LogP contribution in [0, 0.1) is 17.5 Å². The van der Waals surface area contributed by atoms with Crippen molar-refractivity contribution in [3.05, 3.63) is 49.9 Å². The van der Waals surface area contributed by atoms with E-state index in [9.17, 15) is 18.0 Å². The molecule has 0 bridgehead atoms. The molecule has 0 spiro atoms. The van der Waals surface area contributed by atoms with Gasteiger partial charge in [-0.25, -0.2) is 8.78 Å². The molecule has 2 rings (SSSR count). The first kappa shape index (κ1) is 14.9. The van der Waals surface area contributed by atoms with Crippen molar-refractivity contribution in [2.24, 2.45) is 0 Å². The first-order chi connectivity index (χ1) is 9.40. The van der Waals surface area contributed by atoms with Gasteiger partial charge in [0.2, 0.25) is 5.82 Å². The molecule has 0 saturated heterocycles. The van der Waals surface area contributed by atoms with Crippen molar-refractivity contribution in [2.45, 2.75) is 6.54 Å². The van der Waals surface area contributed by atoms with Crippen LogP contribution in [0.5, 0.6) is 5.75 Å². The molecule has 0 radical (unpaired) electrons. The molecule has 8 heteroatoms. The number of carbonyl (C=O) groups is 1. The minimum absolute atomic E-state index is 0.105. The average Bonchev–Trinajstić information content (AvgIpc) is 2.83. The zero-order chi connectivity index (χ0) is 14.9. The standard InChI is InChI=1S/C12H7BrF3NO2S/c13-5-1-6(20-4-5)3-17-12(19)7-2-8(14)10(16)11(18)9(7)15/h1-2,4,18H,3H2,(H,17,19). The largest absolute Gasteiger partial charge is 0.503 e. The Morgan fingerprint density at radius 2 is 2.00 bits per heavy atom. The van der Waals surface area contributed by atoms with E-state index in [1.165, 1.54) is 11.3 Å². The lowest BCUT2D eigenvalue weighted by molar-refractivity contribution is 0.0945. The molecule has 0 atom stereocenters. The van der Waals surface area contributed by atoms with Crippen LogP contribution in [-0.4, -0.2) is 11.0 Å². The number of halogens is 4. The van der Waals surface area contributed by atoms with Gasteiger partial charge in [0.05, 0.1) is 12.1 Å². The minimum atomic E-state index is -1.72. The van der Waals surface area contributed by atoms with Crippen molar-refractivity contribution in [1.29, 1.82) is 0 Å². The molecule has 3 nitrogen and oxygen atoms in total. The Labute approximate surface area is 124 Å². The summed E-state index contributed by atoms with van der Waals surface area (Å²) < 4.78 is 40.3. The van der Waals surface area contributed by atoms with Gasteiger partial charge in [-0.05, 0) is 28.1 Å². The van der Waals surface area contributed by atoms with Crippen LogP contribution in [0.3, 0.4) is 0 Å². The summed E-state index contributed by atoms with van der Waals surface area (Å²) in [7, 11) is 0. The summed E-state index contributed by atoms with van der Waals surface area (Å²) in [5.41, 5.74) is -0.753. The van der Waals surface area contributed by atoms with Crippen molar-refractivity contribution in [3.8, 4) is 5.75 Å². The molecular formula is C12H7BrF3NO2S. The summed E-state index contributed by atoms with van der Waals surface area (Å²) in [6.45, 7) is 0.105. The molecule has 1 aromatic carbocycles. The maximum atomic E-state index is 13.5. The summed E-state index contributed by atoms with van der Waals surface area (Å²) >= 11 is 4.60. The highest BCUT2D eigenvalue weighted by atomic mass is 79.9. The van der Waals surface area contributed by atoms with Gasteiger partial charge in [-0.1, -0.05) is 0 Å². The molecule has 1 amide bonds. The second-order valence-corrected chi connectivity index (χ2v) is 5.71. The highest BCUT2D eigenvalue weighted by Crippen LogP contribution is 2.26. The van der Waals surface area contributed by atoms with E-state index in [0.29, 0.717) is 6.07 Å². The highest BCUT2D eigenvalue weighted by Gasteiger charge is 2.22. The second-order valence-electron chi connectivity index (χ2n) is 3.80. The molecule has 0 aliphatic heterocycles. The van der Waals surface area contributed by atoms with Crippen molar-refractivity contribution in [1.82, 2.24) is 5.32 Å². The molecule has 1 aromatic heterocycles. The summed E-state index contributed by atoms with van der Waals surface area (Å²) in [5, 5.41) is 13.2. The minimum Gasteiger partial charge on any atom is -0.503 e. The lowest BCUT2D eigenvalue weighted by Gasteiger charge is -2.07. The van der Waals surface area contributed by atoms with E-state index in [1.807, 2.05) is 0 Å². The summed E-state index contributed by atoms with van der Waals surface area (Å²) in [4.78, 5) is 12.5. The molecule has 0 unspecified atom stereocenters. The topological polar surface area (TPSA) is 49.3 Å². The van der Waals surface area contributed by atoms with Crippen molar-refractivity contribution in [3.63, 3.8) is 0 Å². The van der Waals surface area contributed by atoms with Crippen molar-refractivity contribution >= 4 is 33.2 Å². The number of aromatic hydroxyl groups is 1. The quantitative estimate of drug-likeness (QED) is 0.817. The second kappa shape index (κ2) is 5.84. The Morgan fingerprint density at radius 1 is 1.30 bits per heavy atom. The first-order valence-electron chi connectivity index (χ1n) is 5.27. The predicted molar refractivity (Wildman–Crippen MR) is 71.2 cm³/mol. The molecule has 2 aromatic rings. The average molecular weight is 366 g/mol. The predicted octanol–water partition coefficient (Wildman–Crippen LogP) is 3.56. The number of hydrogen-bond donors (Lipinski definition) is 2. The van der Waals surface area contributed by atoms with Crippen LogP contribution < -0.4 is 5.32 Å². The van der Waals surface area contributed by atoms with Gasteiger partial charge in [0.1, 0.15) is 0 Å². The van der Waals surface area contributed by atoms with E-state index in [4.69, 9.17) is 5.11 Å². The molecule has 0 fully saturated rings. The van der Waals surface area contributed by atoms with E-state index in [0.717, 1.165) is 9.35 Å². The van der Waals surface area contributed by atoms with Gasteiger partial charge in [-0.3, -0.25) is 4.79 Å². The van der Waals surface area contributed by atoms with Crippen molar-refractivity contribution in [2.75, 3.05) is 0 Å². The van der Waals surface area contributed by atoms with Crippen LogP contribution in [0.2, 0.25) is 0 Å². The van der Waals surface area contributed by atoms with Crippen LogP contribution in [0.4, 0.5) is 13.2 Å². The van der Waals surface area contributed by atoms with Crippen LogP contribution in [0.15, 0.2) is 22.0 Å². The van der Waals surface area contributed by atoms with E-state index >= 15 is 0 Å². The number of thiophene rings is 1. The van der Waals surface area contributed by atoms with E-state index in [2.05, 4.69) is 21.2 Å². The van der Waals surface area contributed by atoms with Crippen LogP contribution in [0.25, 0.3) is 0 Å². The van der Waals surface area contributed by atoms with Gasteiger partial charge in [0.15, 0.2) is 17.4 Å². The molecule has 2 N–H and O–H groups in total. The Kier molecular flexibility index (Phi) is 4.34. The van der Waals surface area contributed by atoms with Crippen molar-refractivity contribution < 1.29 is 23.1 Å². The number of hydrogen-bond acceptors (Lipinski definition) is 3. The van der Waals surface area contributed by atoms with Crippen LogP contribution in [-0.2, 0) is 6.54 Å². The SMILES string of the molecule is O=C(NCc1cc(Br)cs1)c1cc(F)c(F)c(O)c1F. The van der Waals surface area contributed by atoms with Gasteiger partial charge < -0.3 is 10.4 Å². The third kappa shape index (κ3) is 2.96. The first-order valence-corrected chi connectivity index (χ1v) is 6.95. The smallest absolute Gasteiger partial charge is 0.254 e. The Balaban J connectivity index is 2.17. The zero-order valence-electron chi connectivity index (χ0n) is 9.71. The summed E-state index contributed by atoms with van der Waals surface area (Å²) in [5.74, 6) is -7.15. The number of rotatable bonds is 3. The maximum absolute atomic E-state index is 13.5. The monoisotopic (exact) mass is 365 g/mol. The number of phenols is 1. The lowest BCUT2D eigenvalue weighted by Crippen LogP contribution is -2.23. The number of amides is 1. The maximum Gasteiger partial charge on any atom is 0.254 e. The van der Waals surface area contributed by atoms with Gasteiger partial charge in [-0.15, -0.1) is 11.3 Å². The Bertz CT molecular complexity index is 675. The van der Waals surface area contributed by atoms with Gasteiger partial charge in [-0.2, -0.15) is 4.39 Å². The summed E-state index contributed by atoms with van der Waals surface area (Å²) in [6.07, 6.45) is 0. The van der Waals surface area contributed by atoms with E-state index in [1.54, 1.807) is 11.4 Å². The number of nitrogens with one attached hydrogen (secondary N) is 1. The Morgan fingerprint density at radius 3 is 2.60 bits per heavy atom. The molecule has 106 valence electrons. The molecular weight excluding hydrogens is 359 g/mol. The third-order valence-corrected chi connectivity index (χ3v) is 4.12. The zero-order valence-corrected chi connectivity index (χ0v) is 12.1. The van der Waals surface area contributed by atoms with E-state index < -0.39 is 34.7 Å². The van der Waals surface area contributed by atoms with Gasteiger partial charge >= 0.3 is 0 Å².